The maximum absolute atomic E-state index is 12.5. The summed E-state index contributed by atoms with van der Waals surface area (Å²) in [6.45, 7) is 0.521. The maximum atomic E-state index is 12.5. The van der Waals surface area contributed by atoms with Crippen LogP contribution in [-0.4, -0.2) is 35.3 Å². The number of nitrogens with zero attached hydrogens (tertiary/aromatic N) is 2. The molecule has 1 aromatic rings. The first-order valence-electron chi connectivity index (χ1n) is 5.38. The molecule has 0 spiro atoms. The van der Waals surface area contributed by atoms with E-state index < -0.39 is 18.1 Å². The lowest BCUT2D eigenvalue weighted by Gasteiger charge is -2.32. The van der Waals surface area contributed by atoms with Crippen LogP contribution < -0.4 is 4.90 Å². The fourth-order valence-corrected chi connectivity index (χ4v) is 2.76. The molecule has 2 rings (SSSR count). The van der Waals surface area contributed by atoms with Gasteiger partial charge in [-0.2, -0.15) is 13.2 Å². The van der Waals surface area contributed by atoms with Crippen LogP contribution in [0.4, 0.5) is 18.3 Å². The first-order valence-corrected chi connectivity index (χ1v) is 6.26. The number of aromatic carboxylic acids is 1. The number of hydrogen-bond donors (Lipinski definition) is 1. The predicted octanol–water partition coefficient (Wildman–Crippen LogP) is 2.62. The van der Waals surface area contributed by atoms with Crippen LogP contribution in [0, 0.1) is 5.92 Å². The van der Waals surface area contributed by atoms with Gasteiger partial charge in [-0.3, -0.25) is 0 Å². The Morgan fingerprint density at radius 2 is 2.06 bits per heavy atom. The average molecular weight is 280 g/mol. The summed E-state index contributed by atoms with van der Waals surface area (Å²) in [5, 5.41) is 10.6. The molecular formula is C10H11F3N2O2S. The summed E-state index contributed by atoms with van der Waals surface area (Å²) in [6.07, 6.45) is -4.07. The minimum absolute atomic E-state index is 0.0332. The van der Waals surface area contributed by atoms with E-state index in [-0.39, 0.29) is 31.6 Å². The number of carbonyl (C=O) groups is 1. The van der Waals surface area contributed by atoms with E-state index in [1.165, 1.54) is 5.38 Å². The van der Waals surface area contributed by atoms with Crippen molar-refractivity contribution in [2.24, 2.45) is 5.92 Å². The summed E-state index contributed by atoms with van der Waals surface area (Å²) in [4.78, 5) is 16.2. The Morgan fingerprint density at radius 1 is 1.44 bits per heavy atom. The second-order valence-electron chi connectivity index (χ2n) is 4.12. The zero-order chi connectivity index (χ0) is 13.3. The van der Waals surface area contributed by atoms with Gasteiger partial charge in [-0.1, -0.05) is 0 Å². The van der Waals surface area contributed by atoms with Gasteiger partial charge in [0.25, 0.3) is 0 Å². The quantitative estimate of drug-likeness (QED) is 0.904. The van der Waals surface area contributed by atoms with Crippen molar-refractivity contribution in [2.75, 3.05) is 18.0 Å². The van der Waals surface area contributed by atoms with Crippen molar-refractivity contribution >= 4 is 22.4 Å². The van der Waals surface area contributed by atoms with Gasteiger partial charge in [-0.25, -0.2) is 9.78 Å². The molecule has 1 aromatic heterocycles. The van der Waals surface area contributed by atoms with E-state index in [4.69, 9.17) is 5.11 Å². The molecule has 2 heterocycles. The molecule has 0 aromatic carbocycles. The zero-order valence-electron chi connectivity index (χ0n) is 9.28. The Labute approximate surface area is 105 Å². The summed E-state index contributed by atoms with van der Waals surface area (Å²) < 4.78 is 37.4. The van der Waals surface area contributed by atoms with Crippen molar-refractivity contribution in [1.29, 1.82) is 0 Å². The molecule has 0 saturated carbocycles. The van der Waals surface area contributed by atoms with Gasteiger partial charge in [0, 0.05) is 18.5 Å². The van der Waals surface area contributed by atoms with Crippen molar-refractivity contribution in [2.45, 2.75) is 19.0 Å². The Hall–Kier alpha value is -1.31. The van der Waals surface area contributed by atoms with E-state index in [1.54, 1.807) is 4.90 Å². The van der Waals surface area contributed by atoms with Gasteiger partial charge in [-0.05, 0) is 12.8 Å². The van der Waals surface area contributed by atoms with Gasteiger partial charge in [0.1, 0.15) is 0 Å². The van der Waals surface area contributed by atoms with E-state index in [9.17, 15) is 18.0 Å². The average Bonchev–Trinajstić information content (AvgIpc) is 2.77. The Balaban J connectivity index is 1.99. The largest absolute Gasteiger partial charge is 0.476 e. The molecule has 1 fully saturated rings. The molecule has 18 heavy (non-hydrogen) atoms. The fraction of sp³-hybridized carbons (Fsp3) is 0.600. The van der Waals surface area contributed by atoms with E-state index in [2.05, 4.69) is 4.98 Å². The van der Waals surface area contributed by atoms with Crippen LogP contribution in [0.25, 0.3) is 0 Å². The van der Waals surface area contributed by atoms with Crippen molar-refractivity contribution in [3.05, 3.63) is 11.1 Å². The summed E-state index contributed by atoms with van der Waals surface area (Å²) in [6, 6.07) is 0. The zero-order valence-corrected chi connectivity index (χ0v) is 10.1. The van der Waals surface area contributed by atoms with Crippen LogP contribution in [0.2, 0.25) is 0 Å². The molecule has 0 bridgehead atoms. The van der Waals surface area contributed by atoms with E-state index in [0.29, 0.717) is 5.13 Å². The Kier molecular flexibility index (Phi) is 3.47. The van der Waals surface area contributed by atoms with Crippen LogP contribution >= 0.6 is 11.3 Å². The van der Waals surface area contributed by atoms with Crippen molar-refractivity contribution in [3.8, 4) is 0 Å². The van der Waals surface area contributed by atoms with Crippen molar-refractivity contribution < 1.29 is 23.1 Å². The highest BCUT2D eigenvalue weighted by Gasteiger charge is 2.41. The molecule has 1 aliphatic heterocycles. The third-order valence-electron chi connectivity index (χ3n) is 2.94. The normalized spacial score (nSPS) is 18.1. The van der Waals surface area contributed by atoms with Gasteiger partial charge in [0.2, 0.25) is 0 Å². The summed E-state index contributed by atoms with van der Waals surface area (Å²) in [5.41, 5.74) is -0.0621. The van der Waals surface area contributed by atoms with Crippen molar-refractivity contribution in [1.82, 2.24) is 4.98 Å². The van der Waals surface area contributed by atoms with Gasteiger partial charge < -0.3 is 10.0 Å². The standard InChI is InChI=1S/C10H11F3N2O2S/c11-10(12,13)6-1-3-15(4-2-6)9-14-7(5-18-9)8(16)17/h5-6H,1-4H2,(H,16,17). The number of rotatable bonds is 2. The Bertz CT molecular complexity index is 439. The lowest BCUT2D eigenvalue weighted by atomic mass is 9.97. The van der Waals surface area contributed by atoms with Gasteiger partial charge in [0.05, 0.1) is 5.92 Å². The van der Waals surface area contributed by atoms with E-state index >= 15 is 0 Å². The molecule has 0 atom stereocenters. The smallest absolute Gasteiger partial charge is 0.391 e. The molecule has 1 aliphatic rings. The molecule has 4 nitrogen and oxygen atoms in total. The lowest BCUT2D eigenvalue weighted by molar-refractivity contribution is -0.179. The first kappa shape index (κ1) is 13.1. The van der Waals surface area contributed by atoms with Crippen LogP contribution in [0.3, 0.4) is 0 Å². The molecule has 0 amide bonds. The number of carboxylic acids is 1. The summed E-state index contributed by atoms with van der Waals surface area (Å²) in [7, 11) is 0. The Morgan fingerprint density at radius 3 is 2.50 bits per heavy atom. The van der Waals surface area contributed by atoms with Crippen molar-refractivity contribution in [3.63, 3.8) is 0 Å². The van der Waals surface area contributed by atoms with Crippen LogP contribution in [0.5, 0.6) is 0 Å². The number of aromatic nitrogens is 1. The van der Waals surface area contributed by atoms with E-state index in [1.807, 2.05) is 0 Å². The van der Waals surface area contributed by atoms with E-state index in [0.717, 1.165) is 11.3 Å². The number of anilines is 1. The molecule has 0 radical (unpaired) electrons. The number of thiazole rings is 1. The molecule has 100 valence electrons. The molecule has 1 saturated heterocycles. The highest BCUT2D eigenvalue weighted by Crippen LogP contribution is 2.35. The number of halogens is 3. The SMILES string of the molecule is O=C(O)c1csc(N2CCC(C(F)(F)F)CC2)n1. The number of hydrogen-bond acceptors (Lipinski definition) is 4. The summed E-state index contributed by atoms with van der Waals surface area (Å²) in [5.74, 6) is -2.38. The number of alkyl halides is 3. The molecule has 0 unspecified atom stereocenters. The first-order chi connectivity index (χ1) is 8.38. The second kappa shape index (κ2) is 4.75. The van der Waals surface area contributed by atoms with Crippen LogP contribution in [-0.2, 0) is 0 Å². The van der Waals surface area contributed by atoms with Crippen LogP contribution in [0.1, 0.15) is 23.3 Å². The molecule has 0 aliphatic carbocycles. The lowest BCUT2D eigenvalue weighted by Crippen LogP contribution is -2.39. The minimum Gasteiger partial charge on any atom is -0.476 e. The topological polar surface area (TPSA) is 53.4 Å². The van der Waals surface area contributed by atoms with Gasteiger partial charge in [0.15, 0.2) is 10.8 Å². The van der Waals surface area contributed by atoms with Gasteiger partial charge >= 0.3 is 12.1 Å². The highest BCUT2D eigenvalue weighted by atomic mass is 32.1. The van der Waals surface area contributed by atoms with Crippen LogP contribution in [0.15, 0.2) is 5.38 Å². The summed E-state index contributed by atoms with van der Waals surface area (Å²) >= 11 is 1.15. The highest BCUT2D eigenvalue weighted by molar-refractivity contribution is 7.13. The maximum Gasteiger partial charge on any atom is 0.391 e. The minimum atomic E-state index is -4.14. The third-order valence-corrected chi connectivity index (χ3v) is 3.84. The number of carboxylic acid groups (broad SMARTS) is 1. The molecular weight excluding hydrogens is 269 g/mol. The fourth-order valence-electron chi connectivity index (χ4n) is 1.91. The third kappa shape index (κ3) is 2.74. The monoisotopic (exact) mass is 280 g/mol. The molecule has 8 heteroatoms. The second-order valence-corrected chi connectivity index (χ2v) is 4.96. The number of piperidine rings is 1. The van der Waals surface area contributed by atoms with Gasteiger partial charge in [-0.15, -0.1) is 11.3 Å². The molecule has 1 N–H and O–H groups in total. The predicted molar refractivity (Wildman–Crippen MR) is 60.1 cm³/mol.